The Labute approximate surface area is 131 Å². The van der Waals surface area contributed by atoms with Crippen LogP contribution in [0, 0.1) is 5.41 Å². The van der Waals surface area contributed by atoms with Crippen LogP contribution >= 0.6 is 11.3 Å². The zero-order chi connectivity index (χ0) is 15.5. The molecule has 0 aliphatic carbocycles. The van der Waals surface area contributed by atoms with E-state index < -0.39 is 0 Å². The minimum atomic E-state index is 0.152. The highest BCUT2D eigenvalue weighted by atomic mass is 32.1. The lowest BCUT2D eigenvalue weighted by molar-refractivity contribution is 0.243. The summed E-state index contributed by atoms with van der Waals surface area (Å²) in [5.41, 5.74) is 1.43. The van der Waals surface area contributed by atoms with Gasteiger partial charge in [-0.2, -0.15) is 0 Å². The number of thiazole rings is 1. The normalized spacial score (nSPS) is 12.8. The monoisotopic (exact) mass is 306 g/mol. The lowest BCUT2D eigenvalue weighted by Gasteiger charge is -2.33. The van der Waals surface area contributed by atoms with Crippen molar-refractivity contribution in [3.8, 4) is 11.5 Å². The molecule has 21 heavy (non-hydrogen) atoms. The smallest absolute Gasteiger partial charge is 0.153 e. The van der Waals surface area contributed by atoms with Gasteiger partial charge in [0.2, 0.25) is 0 Å². The van der Waals surface area contributed by atoms with Crippen molar-refractivity contribution < 1.29 is 4.42 Å². The van der Waals surface area contributed by atoms with Gasteiger partial charge in [-0.25, -0.2) is 4.98 Å². The average Bonchev–Trinajstić information content (AvgIpc) is 2.94. The van der Waals surface area contributed by atoms with Crippen LogP contribution < -0.4 is 5.32 Å². The van der Waals surface area contributed by atoms with Gasteiger partial charge in [0, 0.05) is 23.9 Å². The van der Waals surface area contributed by atoms with Crippen molar-refractivity contribution in [2.75, 3.05) is 6.54 Å². The van der Waals surface area contributed by atoms with Gasteiger partial charge < -0.3 is 9.73 Å². The van der Waals surface area contributed by atoms with Gasteiger partial charge in [0.15, 0.2) is 5.76 Å². The molecule has 2 aromatic rings. The van der Waals surface area contributed by atoms with E-state index in [1.54, 1.807) is 17.6 Å². The Morgan fingerprint density at radius 3 is 2.62 bits per heavy atom. The van der Waals surface area contributed by atoms with Crippen molar-refractivity contribution in [3.05, 3.63) is 28.8 Å². The first kappa shape index (κ1) is 16.2. The quantitative estimate of drug-likeness (QED) is 0.837. The Bertz CT molecular complexity index is 550. The number of hydrogen-bond acceptors (Lipinski definition) is 4. The standard InChI is InChI=1S/C17H26N2OS/c1-16(2,3)12-17(4,5)18-9-8-15-19-13(11-21-15)14-7-6-10-20-14/h6-7,10-11,18H,8-9,12H2,1-5H3. The third-order valence-electron chi connectivity index (χ3n) is 3.24. The Morgan fingerprint density at radius 2 is 2.00 bits per heavy atom. The summed E-state index contributed by atoms with van der Waals surface area (Å²) in [6.07, 6.45) is 3.79. The molecule has 2 heterocycles. The summed E-state index contributed by atoms with van der Waals surface area (Å²) < 4.78 is 5.37. The summed E-state index contributed by atoms with van der Waals surface area (Å²) in [5, 5.41) is 6.87. The third kappa shape index (κ3) is 5.29. The van der Waals surface area contributed by atoms with Crippen LogP contribution in [0.5, 0.6) is 0 Å². The molecule has 2 rings (SSSR count). The van der Waals surface area contributed by atoms with Gasteiger partial charge in [-0.3, -0.25) is 0 Å². The van der Waals surface area contributed by atoms with Crippen LogP contribution in [-0.2, 0) is 6.42 Å². The van der Waals surface area contributed by atoms with Crippen molar-refractivity contribution in [1.82, 2.24) is 10.3 Å². The molecule has 1 N–H and O–H groups in total. The van der Waals surface area contributed by atoms with Crippen molar-refractivity contribution >= 4 is 11.3 Å². The van der Waals surface area contributed by atoms with Crippen LogP contribution in [-0.4, -0.2) is 17.1 Å². The molecule has 0 saturated heterocycles. The predicted molar refractivity (Wildman–Crippen MR) is 89.7 cm³/mol. The molecule has 4 heteroatoms. The first-order valence-electron chi connectivity index (χ1n) is 7.49. The average molecular weight is 306 g/mol. The summed E-state index contributed by atoms with van der Waals surface area (Å²) in [6.45, 7) is 12.4. The second-order valence-electron chi connectivity index (χ2n) is 7.40. The molecule has 0 fully saturated rings. The molecule has 0 aromatic carbocycles. The van der Waals surface area contributed by atoms with Crippen molar-refractivity contribution in [3.63, 3.8) is 0 Å². The zero-order valence-corrected chi connectivity index (χ0v) is 14.5. The van der Waals surface area contributed by atoms with Gasteiger partial charge in [0.1, 0.15) is 5.69 Å². The van der Waals surface area contributed by atoms with Gasteiger partial charge in [0.05, 0.1) is 11.3 Å². The maximum Gasteiger partial charge on any atom is 0.153 e. The number of hydrogen-bond donors (Lipinski definition) is 1. The Hall–Kier alpha value is -1.13. The lowest BCUT2D eigenvalue weighted by Crippen LogP contribution is -2.43. The summed E-state index contributed by atoms with van der Waals surface area (Å²) in [6, 6.07) is 3.84. The van der Waals surface area contributed by atoms with Gasteiger partial charge in [-0.05, 0) is 37.8 Å². The van der Waals surface area contributed by atoms with E-state index in [1.807, 2.05) is 12.1 Å². The van der Waals surface area contributed by atoms with E-state index >= 15 is 0 Å². The second kappa shape index (κ2) is 6.32. The van der Waals surface area contributed by atoms with Crippen LogP contribution in [0.1, 0.15) is 46.0 Å². The molecule has 0 atom stereocenters. The largest absolute Gasteiger partial charge is 0.463 e. The van der Waals surface area contributed by atoms with Crippen molar-refractivity contribution in [2.24, 2.45) is 5.41 Å². The highest BCUT2D eigenvalue weighted by molar-refractivity contribution is 7.09. The van der Waals surface area contributed by atoms with Crippen LogP contribution in [0.15, 0.2) is 28.2 Å². The molecule has 0 aliphatic heterocycles. The molecule has 2 aromatic heterocycles. The van der Waals surface area contributed by atoms with E-state index in [0.717, 1.165) is 35.8 Å². The molecule has 0 saturated carbocycles. The fraction of sp³-hybridized carbons (Fsp3) is 0.588. The number of furan rings is 1. The summed E-state index contributed by atoms with van der Waals surface area (Å²) in [4.78, 5) is 4.63. The molecule has 0 unspecified atom stereocenters. The fourth-order valence-electron chi connectivity index (χ4n) is 2.86. The first-order chi connectivity index (χ1) is 9.75. The van der Waals surface area contributed by atoms with Gasteiger partial charge in [0.25, 0.3) is 0 Å². The summed E-state index contributed by atoms with van der Waals surface area (Å²) in [7, 11) is 0. The maximum atomic E-state index is 5.37. The second-order valence-corrected chi connectivity index (χ2v) is 8.34. The lowest BCUT2D eigenvalue weighted by atomic mass is 9.82. The van der Waals surface area contributed by atoms with E-state index in [0.29, 0.717) is 5.41 Å². The Kier molecular flexibility index (Phi) is 4.89. The van der Waals surface area contributed by atoms with E-state index in [2.05, 4.69) is 50.3 Å². The van der Waals surface area contributed by atoms with Crippen LogP contribution in [0.25, 0.3) is 11.5 Å². The molecular formula is C17H26N2OS. The predicted octanol–water partition coefficient (Wildman–Crippen LogP) is 4.75. The molecule has 0 aliphatic rings. The maximum absolute atomic E-state index is 5.37. The molecular weight excluding hydrogens is 280 g/mol. The Morgan fingerprint density at radius 1 is 1.24 bits per heavy atom. The minimum absolute atomic E-state index is 0.152. The van der Waals surface area contributed by atoms with Crippen LogP contribution in [0.4, 0.5) is 0 Å². The zero-order valence-electron chi connectivity index (χ0n) is 13.7. The third-order valence-corrected chi connectivity index (χ3v) is 4.15. The highest BCUT2D eigenvalue weighted by Crippen LogP contribution is 2.27. The van der Waals surface area contributed by atoms with E-state index in [4.69, 9.17) is 4.42 Å². The molecule has 0 spiro atoms. The fourth-order valence-corrected chi connectivity index (χ4v) is 3.65. The topological polar surface area (TPSA) is 38.1 Å². The van der Waals surface area contributed by atoms with Crippen LogP contribution in [0.3, 0.4) is 0 Å². The SMILES string of the molecule is CC(C)(C)CC(C)(C)NCCc1nc(-c2ccco2)cs1. The number of nitrogens with zero attached hydrogens (tertiary/aromatic N) is 1. The number of rotatable bonds is 6. The molecule has 3 nitrogen and oxygen atoms in total. The molecule has 0 amide bonds. The first-order valence-corrected chi connectivity index (χ1v) is 8.36. The molecule has 0 bridgehead atoms. The highest BCUT2D eigenvalue weighted by Gasteiger charge is 2.24. The number of nitrogens with one attached hydrogen (secondary N) is 1. The number of aromatic nitrogens is 1. The summed E-state index contributed by atoms with van der Waals surface area (Å²) in [5.74, 6) is 0.846. The van der Waals surface area contributed by atoms with Gasteiger partial charge in [-0.15, -0.1) is 11.3 Å². The minimum Gasteiger partial charge on any atom is -0.463 e. The van der Waals surface area contributed by atoms with E-state index in [1.165, 1.54) is 0 Å². The Balaban J connectivity index is 1.84. The molecule has 116 valence electrons. The van der Waals surface area contributed by atoms with Crippen LogP contribution in [0.2, 0.25) is 0 Å². The summed E-state index contributed by atoms with van der Waals surface area (Å²) >= 11 is 1.70. The van der Waals surface area contributed by atoms with Gasteiger partial charge >= 0.3 is 0 Å². The van der Waals surface area contributed by atoms with E-state index in [9.17, 15) is 0 Å². The van der Waals surface area contributed by atoms with Gasteiger partial charge in [-0.1, -0.05) is 20.8 Å². The van der Waals surface area contributed by atoms with Crippen molar-refractivity contribution in [2.45, 2.75) is 53.0 Å². The molecule has 0 radical (unpaired) electrons. The van der Waals surface area contributed by atoms with E-state index in [-0.39, 0.29) is 5.54 Å². The van der Waals surface area contributed by atoms with Crippen molar-refractivity contribution in [1.29, 1.82) is 0 Å².